The molecular weight excluding hydrogens is 120 g/mol. The van der Waals surface area contributed by atoms with Gasteiger partial charge in [-0.15, -0.1) is 0 Å². The minimum Gasteiger partial charge on any atom is -0.154 e. The largest absolute Gasteiger partial charge is 0.154 e. The van der Waals surface area contributed by atoms with Crippen molar-refractivity contribution in [2.75, 3.05) is 5.75 Å². The SMILES string of the molecule is CCSOOS. The number of thiol groups is 1. The molecule has 2 nitrogen and oxygen atoms in total. The fraction of sp³-hybridized carbons (Fsp3) is 1.00. The second kappa shape index (κ2) is 5.62. The lowest BCUT2D eigenvalue weighted by atomic mass is 11.0. The van der Waals surface area contributed by atoms with Gasteiger partial charge in [-0.05, 0) is 0 Å². The van der Waals surface area contributed by atoms with Crippen molar-refractivity contribution in [3.05, 3.63) is 0 Å². The highest BCUT2D eigenvalue weighted by molar-refractivity contribution is 7.94. The lowest BCUT2D eigenvalue weighted by molar-refractivity contribution is -0.0494. The second-order valence-electron chi connectivity index (χ2n) is 0.549. The minimum atomic E-state index is 0.876. The van der Waals surface area contributed by atoms with E-state index in [0.29, 0.717) is 0 Å². The lowest BCUT2D eigenvalue weighted by Gasteiger charge is -1.87. The van der Waals surface area contributed by atoms with Crippen LogP contribution >= 0.6 is 25.0 Å². The summed E-state index contributed by atoms with van der Waals surface area (Å²) in [7, 11) is 0. The second-order valence-corrected chi connectivity index (χ2v) is 1.65. The first-order valence-electron chi connectivity index (χ1n) is 1.51. The molecule has 0 amide bonds. The maximum Gasteiger partial charge on any atom is 0.0323 e. The maximum atomic E-state index is 4.26. The van der Waals surface area contributed by atoms with E-state index in [4.69, 9.17) is 0 Å². The van der Waals surface area contributed by atoms with Gasteiger partial charge in [0.15, 0.2) is 0 Å². The average Bonchev–Trinajstić information content (AvgIpc) is 1.61. The van der Waals surface area contributed by atoms with Crippen LogP contribution < -0.4 is 0 Å². The van der Waals surface area contributed by atoms with E-state index in [-0.39, 0.29) is 0 Å². The molecule has 4 heteroatoms. The van der Waals surface area contributed by atoms with E-state index in [1.165, 1.54) is 12.0 Å². The van der Waals surface area contributed by atoms with Crippen molar-refractivity contribution in [2.45, 2.75) is 6.92 Å². The van der Waals surface area contributed by atoms with Gasteiger partial charge in [0.25, 0.3) is 0 Å². The maximum absolute atomic E-state index is 4.26. The fourth-order valence-corrected chi connectivity index (χ4v) is 0.338. The molecule has 0 saturated heterocycles. The molecule has 0 atom stereocenters. The van der Waals surface area contributed by atoms with E-state index >= 15 is 0 Å². The van der Waals surface area contributed by atoms with Gasteiger partial charge in [-0.3, -0.25) is 0 Å². The third-order valence-electron chi connectivity index (χ3n) is 0.196. The van der Waals surface area contributed by atoms with E-state index in [1.807, 2.05) is 6.92 Å². The first-order chi connectivity index (χ1) is 2.91. The predicted octanol–water partition coefficient (Wildman–Crippen LogP) is 1.45. The van der Waals surface area contributed by atoms with Gasteiger partial charge < -0.3 is 0 Å². The standard InChI is InChI=1S/C2H6O2S2/c1-2-6-4-3-5/h5H,2H2,1H3. The van der Waals surface area contributed by atoms with Crippen LogP contribution in [0.1, 0.15) is 6.92 Å². The molecule has 0 bridgehead atoms. The normalized spacial score (nSPS) is 9.00. The van der Waals surface area contributed by atoms with Crippen LogP contribution in [0.4, 0.5) is 0 Å². The van der Waals surface area contributed by atoms with E-state index in [2.05, 4.69) is 21.6 Å². The topological polar surface area (TPSA) is 18.5 Å². The fourth-order valence-electron chi connectivity index (χ4n) is 0.0696. The number of hydrogen-bond donors (Lipinski definition) is 1. The van der Waals surface area contributed by atoms with Crippen LogP contribution in [0.15, 0.2) is 0 Å². The highest BCUT2D eigenvalue weighted by Gasteiger charge is 1.75. The summed E-state index contributed by atoms with van der Waals surface area (Å²) in [6.07, 6.45) is 0. The van der Waals surface area contributed by atoms with Gasteiger partial charge in [-0.2, -0.15) is 8.67 Å². The quantitative estimate of drug-likeness (QED) is 0.203. The summed E-state index contributed by atoms with van der Waals surface area (Å²) < 4.78 is 8.20. The zero-order valence-corrected chi connectivity index (χ0v) is 5.09. The highest BCUT2D eigenvalue weighted by atomic mass is 32.2. The Morgan fingerprint density at radius 2 is 2.50 bits per heavy atom. The summed E-state index contributed by atoms with van der Waals surface area (Å²) in [6.45, 7) is 1.96. The van der Waals surface area contributed by atoms with Crippen LogP contribution in [-0.4, -0.2) is 5.75 Å². The van der Waals surface area contributed by atoms with Gasteiger partial charge in [0.2, 0.25) is 0 Å². The van der Waals surface area contributed by atoms with Gasteiger partial charge in [-0.1, -0.05) is 6.92 Å². The molecule has 38 valence electrons. The van der Waals surface area contributed by atoms with Gasteiger partial charge in [0, 0.05) is 30.7 Å². The monoisotopic (exact) mass is 126 g/mol. The Morgan fingerprint density at radius 1 is 1.83 bits per heavy atom. The van der Waals surface area contributed by atoms with Crippen LogP contribution in [0.25, 0.3) is 0 Å². The molecule has 0 N–H and O–H groups in total. The van der Waals surface area contributed by atoms with E-state index in [9.17, 15) is 0 Å². The molecule has 0 aliphatic heterocycles. The molecule has 0 aromatic carbocycles. The molecule has 0 aromatic rings. The Morgan fingerprint density at radius 3 is 2.67 bits per heavy atom. The molecule has 0 aliphatic rings. The summed E-state index contributed by atoms with van der Waals surface area (Å²) in [6, 6.07) is 0. The van der Waals surface area contributed by atoms with Gasteiger partial charge >= 0.3 is 0 Å². The van der Waals surface area contributed by atoms with Crippen molar-refractivity contribution >= 4 is 25.0 Å². The van der Waals surface area contributed by atoms with Crippen molar-refractivity contribution in [3.63, 3.8) is 0 Å². The molecule has 0 aromatic heterocycles. The molecule has 0 rings (SSSR count). The predicted molar refractivity (Wildman–Crippen MR) is 29.3 cm³/mol. The molecule has 0 fully saturated rings. The Kier molecular flexibility index (Phi) is 6.20. The molecule has 0 heterocycles. The first kappa shape index (κ1) is 6.62. The van der Waals surface area contributed by atoms with Gasteiger partial charge in [0.1, 0.15) is 0 Å². The van der Waals surface area contributed by atoms with Gasteiger partial charge in [-0.25, -0.2) is 0 Å². The van der Waals surface area contributed by atoms with E-state index in [1.54, 1.807) is 0 Å². The summed E-state index contributed by atoms with van der Waals surface area (Å²) >= 11 is 4.52. The lowest BCUT2D eigenvalue weighted by Crippen LogP contribution is -1.69. The average molecular weight is 126 g/mol. The summed E-state index contributed by atoms with van der Waals surface area (Å²) in [4.78, 5) is 0. The molecule has 0 spiro atoms. The van der Waals surface area contributed by atoms with Crippen molar-refractivity contribution in [1.82, 2.24) is 0 Å². The minimum absolute atomic E-state index is 0.876. The molecule has 0 radical (unpaired) electrons. The first-order valence-corrected chi connectivity index (χ1v) is 2.79. The van der Waals surface area contributed by atoms with Crippen molar-refractivity contribution in [2.24, 2.45) is 0 Å². The molecule has 0 unspecified atom stereocenters. The molecule has 6 heavy (non-hydrogen) atoms. The summed E-state index contributed by atoms with van der Waals surface area (Å²) in [5.74, 6) is 0.876. The Bertz CT molecular complexity index is 21.5. The van der Waals surface area contributed by atoms with Crippen molar-refractivity contribution < 1.29 is 8.67 Å². The smallest absolute Gasteiger partial charge is 0.0323 e. The van der Waals surface area contributed by atoms with E-state index < -0.39 is 0 Å². The zero-order valence-electron chi connectivity index (χ0n) is 3.38. The van der Waals surface area contributed by atoms with Crippen LogP contribution in [0.3, 0.4) is 0 Å². The Balaban J connectivity index is 2.34. The van der Waals surface area contributed by atoms with E-state index in [0.717, 1.165) is 5.75 Å². The Labute approximate surface area is 47.0 Å². The van der Waals surface area contributed by atoms with Crippen LogP contribution in [0, 0.1) is 0 Å². The number of rotatable bonds is 3. The van der Waals surface area contributed by atoms with Crippen LogP contribution in [-0.2, 0) is 8.67 Å². The third kappa shape index (κ3) is 4.62. The highest BCUT2D eigenvalue weighted by Crippen LogP contribution is 2.01. The van der Waals surface area contributed by atoms with Crippen molar-refractivity contribution in [1.29, 1.82) is 0 Å². The Hall–Kier alpha value is 0.620. The van der Waals surface area contributed by atoms with Crippen LogP contribution in [0.2, 0.25) is 0 Å². The molecule has 0 saturated carbocycles. The summed E-state index contributed by atoms with van der Waals surface area (Å²) in [5, 5.41) is 0. The molecular formula is C2H6O2S2. The zero-order chi connectivity index (χ0) is 4.83. The molecule has 0 aliphatic carbocycles. The summed E-state index contributed by atoms with van der Waals surface area (Å²) in [5.41, 5.74) is 0. The number of hydrogen-bond acceptors (Lipinski definition) is 4. The third-order valence-corrected chi connectivity index (χ3v) is 0.772. The van der Waals surface area contributed by atoms with Crippen molar-refractivity contribution in [3.8, 4) is 0 Å². The van der Waals surface area contributed by atoms with Gasteiger partial charge in [0.05, 0.1) is 0 Å². The van der Waals surface area contributed by atoms with Crippen LogP contribution in [0.5, 0.6) is 0 Å².